The van der Waals surface area contributed by atoms with Crippen LogP contribution in [0.1, 0.15) is 64.5 Å². The van der Waals surface area contributed by atoms with Gasteiger partial charge in [-0.25, -0.2) is 4.79 Å². The van der Waals surface area contributed by atoms with E-state index in [0.29, 0.717) is 24.1 Å². The van der Waals surface area contributed by atoms with Crippen molar-refractivity contribution in [3.8, 4) is 0 Å². The predicted molar refractivity (Wildman–Crippen MR) is 185 cm³/mol. The van der Waals surface area contributed by atoms with Crippen molar-refractivity contribution in [3.63, 3.8) is 0 Å². The van der Waals surface area contributed by atoms with Crippen molar-refractivity contribution in [2.24, 2.45) is 11.8 Å². The molecule has 0 bridgehead atoms. The lowest BCUT2D eigenvalue weighted by molar-refractivity contribution is -0.149. The van der Waals surface area contributed by atoms with E-state index in [2.05, 4.69) is 20.9 Å². The summed E-state index contributed by atoms with van der Waals surface area (Å²) >= 11 is 0. The number of carbonyl (C=O) groups is 5. The lowest BCUT2D eigenvalue weighted by Gasteiger charge is -2.33. The second-order valence-corrected chi connectivity index (χ2v) is 12.9. The summed E-state index contributed by atoms with van der Waals surface area (Å²) in [5, 5.41) is 10.2. The molecule has 5 amide bonds. The largest absolute Gasteiger partial charge is 0.423 e. The molecule has 1 saturated heterocycles. The Bertz CT molecular complexity index is 1950. The molecule has 2 aromatic heterocycles. The van der Waals surface area contributed by atoms with Crippen LogP contribution in [0.15, 0.2) is 63.9 Å². The minimum Gasteiger partial charge on any atom is -0.423 e. The van der Waals surface area contributed by atoms with Crippen molar-refractivity contribution < 1.29 is 28.4 Å². The number of para-hydroxylation sites is 1. The highest BCUT2D eigenvalue weighted by Crippen LogP contribution is 2.25. The smallest absolute Gasteiger partial charge is 0.336 e. The van der Waals surface area contributed by atoms with E-state index in [0.717, 1.165) is 32.3 Å². The Morgan fingerprint density at radius 3 is 2.24 bits per heavy atom. The number of amides is 5. The van der Waals surface area contributed by atoms with Crippen molar-refractivity contribution in [2.45, 2.75) is 84.8 Å². The Labute approximate surface area is 284 Å². The Morgan fingerprint density at radius 2 is 1.55 bits per heavy atom. The first-order chi connectivity index (χ1) is 23.4. The lowest BCUT2D eigenvalue weighted by atomic mass is 9.93. The fraction of sp³-hybridized carbons (Fsp3) is 0.405. The summed E-state index contributed by atoms with van der Waals surface area (Å²) in [5.41, 5.74) is 2.57. The molecule has 49 heavy (non-hydrogen) atoms. The highest BCUT2D eigenvalue weighted by atomic mass is 16.4. The maximum Gasteiger partial charge on any atom is 0.336 e. The second-order valence-electron chi connectivity index (χ2n) is 12.9. The number of likely N-dealkylation sites (tertiary alicyclic amines) is 1. The number of rotatable bonds is 13. The van der Waals surface area contributed by atoms with Gasteiger partial charge in [-0.05, 0) is 48.1 Å². The van der Waals surface area contributed by atoms with Crippen LogP contribution in [0, 0.1) is 18.8 Å². The first-order valence-corrected chi connectivity index (χ1v) is 16.8. The molecule has 3 heterocycles. The zero-order chi connectivity index (χ0) is 35.4. The first-order valence-electron chi connectivity index (χ1n) is 16.8. The zero-order valence-corrected chi connectivity index (χ0v) is 28.4. The number of aryl methyl sites for hydroxylation is 1. The monoisotopic (exact) mass is 669 g/mol. The molecule has 0 spiro atoms. The number of nitrogens with one attached hydrogen (secondary N) is 4. The molecule has 1 aliphatic rings. The van der Waals surface area contributed by atoms with E-state index >= 15 is 0 Å². The Morgan fingerprint density at radius 1 is 0.857 bits per heavy atom. The number of hydrogen-bond acceptors (Lipinski definition) is 7. The van der Waals surface area contributed by atoms with Crippen molar-refractivity contribution in [3.05, 3.63) is 76.3 Å². The molecule has 5 atom stereocenters. The lowest BCUT2D eigenvalue weighted by Crippen LogP contribution is -2.60. The molecule has 12 heteroatoms. The van der Waals surface area contributed by atoms with Gasteiger partial charge in [-0.2, -0.15) is 0 Å². The summed E-state index contributed by atoms with van der Waals surface area (Å²) in [6.45, 7) is 9.15. The third kappa shape index (κ3) is 7.58. The average molecular weight is 670 g/mol. The summed E-state index contributed by atoms with van der Waals surface area (Å²) in [5.74, 6) is -3.21. The number of anilines is 1. The molecule has 0 aliphatic carbocycles. The number of aromatic nitrogens is 1. The van der Waals surface area contributed by atoms with Crippen LogP contribution < -0.4 is 21.6 Å². The number of hydrogen-bond donors (Lipinski definition) is 4. The van der Waals surface area contributed by atoms with Crippen LogP contribution >= 0.6 is 0 Å². The molecular formula is C37H43N5O7. The second kappa shape index (κ2) is 14.9. The van der Waals surface area contributed by atoms with Crippen molar-refractivity contribution in [2.75, 3.05) is 5.32 Å². The molecule has 1 aliphatic heterocycles. The van der Waals surface area contributed by atoms with E-state index in [-0.39, 0.29) is 31.1 Å². The van der Waals surface area contributed by atoms with Crippen molar-refractivity contribution >= 4 is 57.1 Å². The van der Waals surface area contributed by atoms with Gasteiger partial charge in [-0.15, -0.1) is 0 Å². The van der Waals surface area contributed by atoms with E-state index < -0.39 is 53.3 Å². The molecule has 4 N–H and O–H groups in total. The summed E-state index contributed by atoms with van der Waals surface area (Å²) in [6, 6.07) is 10.8. The quantitative estimate of drug-likeness (QED) is 0.121. The summed E-state index contributed by atoms with van der Waals surface area (Å²) < 4.78 is 5.36. The number of aromatic amines is 1. The maximum absolute atomic E-state index is 14.1. The molecule has 12 nitrogen and oxygen atoms in total. The van der Waals surface area contributed by atoms with E-state index in [1.807, 2.05) is 45.0 Å². The van der Waals surface area contributed by atoms with Crippen LogP contribution in [0.4, 0.5) is 5.69 Å². The van der Waals surface area contributed by atoms with Gasteiger partial charge >= 0.3 is 5.63 Å². The fourth-order valence-electron chi connectivity index (χ4n) is 6.32. The van der Waals surface area contributed by atoms with Crippen LogP contribution in [0.3, 0.4) is 0 Å². The number of benzene rings is 2. The molecule has 5 rings (SSSR count). The molecule has 0 unspecified atom stereocenters. The molecular weight excluding hydrogens is 626 g/mol. The van der Waals surface area contributed by atoms with Gasteiger partial charge in [0.25, 0.3) is 0 Å². The van der Waals surface area contributed by atoms with Crippen LogP contribution in [0.5, 0.6) is 0 Å². The molecule has 4 aromatic rings. The van der Waals surface area contributed by atoms with Gasteiger partial charge in [0.1, 0.15) is 23.7 Å². The van der Waals surface area contributed by atoms with Gasteiger partial charge < -0.3 is 25.4 Å². The number of nitrogens with zero attached hydrogens (tertiary/aromatic N) is 1. The number of fused-ring (bicyclic) bond motifs is 2. The average Bonchev–Trinajstić information content (AvgIpc) is 3.64. The number of imide groups is 1. The normalized spacial score (nSPS) is 16.3. The zero-order valence-electron chi connectivity index (χ0n) is 28.4. The van der Waals surface area contributed by atoms with E-state index in [9.17, 15) is 28.8 Å². The Balaban J connectivity index is 1.43. The van der Waals surface area contributed by atoms with Crippen LogP contribution in [0.2, 0.25) is 0 Å². The topological polar surface area (TPSA) is 171 Å². The van der Waals surface area contributed by atoms with Gasteiger partial charge in [0.05, 0.1) is 0 Å². The van der Waals surface area contributed by atoms with Gasteiger partial charge in [-0.3, -0.25) is 28.9 Å². The third-order valence-electron chi connectivity index (χ3n) is 9.56. The third-order valence-corrected chi connectivity index (χ3v) is 9.56. The Hall–Kier alpha value is -5.26. The predicted octanol–water partition coefficient (Wildman–Crippen LogP) is 4.34. The Kier molecular flexibility index (Phi) is 10.6. The summed E-state index contributed by atoms with van der Waals surface area (Å²) in [7, 11) is 0. The van der Waals surface area contributed by atoms with Gasteiger partial charge in [0.2, 0.25) is 29.5 Å². The van der Waals surface area contributed by atoms with Gasteiger partial charge in [-0.1, -0.05) is 58.7 Å². The fourth-order valence-corrected chi connectivity index (χ4v) is 6.32. The van der Waals surface area contributed by atoms with Gasteiger partial charge in [0, 0.05) is 59.6 Å². The SMILES string of the molecule is CC[C@H](C)[C@H](NC(=O)[C@H]([C@@H](C)CC)N1C(=O)CCC1=O)C(=O)N[C@@H](Cc1c[nH]c2ccccc12)C(=O)Nc1ccc2c(C)cc(=O)oc2c1. The molecule has 2 aromatic carbocycles. The highest BCUT2D eigenvalue weighted by molar-refractivity contribution is 6.06. The molecule has 258 valence electrons. The summed E-state index contributed by atoms with van der Waals surface area (Å²) in [4.78, 5) is 83.4. The molecule has 0 saturated carbocycles. The van der Waals surface area contributed by atoms with E-state index in [4.69, 9.17) is 4.42 Å². The van der Waals surface area contributed by atoms with Crippen molar-refractivity contribution in [1.29, 1.82) is 0 Å². The molecule has 1 fully saturated rings. The first kappa shape index (κ1) is 35.1. The van der Waals surface area contributed by atoms with Gasteiger partial charge in [0.15, 0.2) is 0 Å². The minimum atomic E-state index is -1.08. The van der Waals surface area contributed by atoms with E-state index in [1.54, 1.807) is 38.2 Å². The standard InChI is InChI=1S/C37H43N5O7/c1-6-20(3)33(41-37(48)34(21(4)7-2)42-30(43)14-15-31(42)44)36(47)40-28(17-23-19-38-27-11-9-8-10-26(23)27)35(46)39-24-12-13-25-22(5)16-32(45)49-29(25)18-24/h8-13,16,18-21,28,33-34,38H,6-7,14-15,17H2,1-5H3,(H,39,46)(H,40,47)(H,41,48)/t20-,21-,28-,33-,34-/m0/s1. The van der Waals surface area contributed by atoms with Crippen molar-refractivity contribution in [1.82, 2.24) is 20.5 Å². The summed E-state index contributed by atoms with van der Waals surface area (Å²) in [6.07, 6.45) is 3.05. The van der Waals surface area contributed by atoms with Crippen LogP contribution in [-0.4, -0.2) is 57.5 Å². The van der Waals surface area contributed by atoms with Crippen LogP contribution in [0.25, 0.3) is 21.9 Å². The highest BCUT2D eigenvalue weighted by Gasteiger charge is 2.42. The maximum atomic E-state index is 14.1. The minimum absolute atomic E-state index is 0.0436. The molecule has 0 radical (unpaired) electrons. The van der Waals surface area contributed by atoms with Crippen LogP contribution in [-0.2, 0) is 30.4 Å². The number of carbonyl (C=O) groups excluding carboxylic acids is 5. The van der Waals surface area contributed by atoms with E-state index in [1.165, 1.54) is 6.07 Å². The number of H-pyrrole nitrogens is 1.